The second kappa shape index (κ2) is 6.50. The Bertz CT molecular complexity index is 398. The van der Waals surface area contributed by atoms with Crippen LogP contribution in [-0.2, 0) is 4.79 Å². The molecule has 0 atom stereocenters. The molecule has 0 bridgehead atoms. The maximum atomic E-state index is 11.3. The van der Waals surface area contributed by atoms with E-state index in [2.05, 4.69) is 26.6 Å². The number of rotatable bonds is 3. The molecule has 1 aromatic rings. The van der Waals surface area contributed by atoms with E-state index >= 15 is 0 Å². The molecular formula is C10H10BrClN2O2. The molecule has 0 aromatic heterocycles. The van der Waals surface area contributed by atoms with Gasteiger partial charge in [0.2, 0.25) is 5.91 Å². The smallest absolute Gasteiger partial charge is 0.307 e. The Hall–Kier alpha value is -1.07. The van der Waals surface area contributed by atoms with Crippen LogP contribution < -0.4 is 10.6 Å². The van der Waals surface area contributed by atoms with Crippen LogP contribution in [0.2, 0.25) is 0 Å². The number of halogens is 2. The summed E-state index contributed by atoms with van der Waals surface area (Å²) in [6, 6.07) is 6.54. The monoisotopic (exact) mass is 304 g/mol. The first-order chi connectivity index (χ1) is 7.63. The summed E-state index contributed by atoms with van der Waals surface area (Å²) in [5.74, 6) is -0.215. The number of anilines is 1. The minimum absolute atomic E-state index is 0.116. The number of urea groups is 1. The van der Waals surface area contributed by atoms with Crippen LogP contribution in [0.1, 0.15) is 6.42 Å². The molecule has 0 saturated carbocycles. The van der Waals surface area contributed by atoms with Gasteiger partial charge >= 0.3 is 6.03 Å². The van der Waals surface area contributed by atoms with E-state index in [1.165, 1.54) is 0 Å². The molecule has 2 N–H and O–H groups in total. The Morgan fingerprint density at radius 2 is 2.00 bits per heavy atom. The van der Waals surface area contributed by atoms with Gasteiger partial charge in [-0.1, -0.05) is 12.1 Å². The van der Waals surface area contributed by atoms with E-state index in [1.54, 1.807) is 18.2 Å². The molecule has 6 heteroatoms. The predicted octanol–water partition coefficient (Wildman–Crippen LogP) is 2.73. The largest absolute Gasteiger partial charge is 0.325 e. The van der Waals surface area contributed by atoms with E-state index in [0.717, 1.165) is 4.47 Å². The van der Waals surface area contributed by atoms with Gasteiger partial charge in [-0.2, -0.15) is 0 Å². The summed E-state index contributed by atoms with van der Waals surface area (Å²) < 4.78 is 0.745. The molecule has 0 radical (unpaired) electrons. The number of amides is 3. The third-order valence-corrected chi connectivity index (χ3v) is 2.58. The number of benzene rings is 1. The number of alkyl halides is 1. The van der Waals surface area contributed by atoms with E-state index in [0.29, 0.717) is 5.69 Å². The Morgan fingerprint density at radius 1 is 1.31 bits per heavy atom. The SMILES string of the molecule is O=C(CCCl)NC(=O)Nc1ccccc1Br. The lowest BCUT2D eigenvalue weighted by atomic mass is 10.3. The van der Waals surface area contributed by atoms with Gasteiger partial charge in [0.15, 0.2) is 0 Å². The topological polar surface area (TPSA) is 58.2 Å². The van der Waals surface area contributed by atoms with Crippen molar-refractivity contribution in [1.82, 2.24) is 5.32 Å². The van der Waals surface area contributed by atoms with E-state index in [1.807, 2.05) is 6.07 Å². The van der Waals surface area contributed by atoms with E-state index in [4.69, 9.17) is 11.6 Å². The highest BCUT2D eigenvalue weighted by molar-refractivity contribution is 9.10. The summed E-state index contributed by atoms with van der Waals surface area (Å²) in [5, 5.41) is 4.70. The fourth-order valence-electron chi connectivity index (χ4n) is 0.991. The predicted molar refractivity (Wildman–Crippen MR) is 66.6 cm³/mol. The Kier molecular flexibility index (Phi) is 5.28. The molecule has 4 nitrogen and oxygen atoms in total. The van der Waals surface area contributed by atoms with Gasteiger partial charge in [-0.25, -0.2) is 4.79 Å². The Labute approximate surface area is 106 Å². The average molecular weight is 306 g/mol. The number of hydrogen-bond donors (Lipinski definition) is 2. The zero-order chi connectivity index (χ0) is 12.0. The molecule has 0 unspecified atom stereocenters. The molecule has 0 aliphatic rings. The van der Waals surface area contributed by atoms with Crippen LogP contribution in [0.15, 0.2) is 28.7 Å². The van der Waals surface area contributed by atoms with Gasteiger partial charge < -0.3 is 5.32 Å². The molecule has 16 heavy (non-hydrogen) atoms. The van der Waals surface area contributed by atoms with Crippen LogP contribution in [0, 0.1) is 0 Å². The van der Waals surface area contributed by atoms with Gasteiger partial charge in [0.1, 0.15) is 0 Å². The highest BCUT2D eigenvalue weighted by Crippen LogP contribution is 2.20. The summed E-state index contributed by atoms with van der Waals surface area (Å²) in [7, 11) is 0. The molecule has 0 fully saturated rings. The zero-order valence-corrected chi connectivity index (χ0v) is 10.6. The van der Waals surface area contributed by atoms with Crippen molar-refractivity contribution < 1.29 is 9.59 Å². The van der Waals surface area contributed by atoms with Crippen LogP contribution in [-0.4, -0.2) is 17.8 Å². The number of nitrogens with one attached hydrogen (secondary N) is 2. The molecule has 86 valence electrons. The second-order valence-corrected chi connectivity index (χ2v) is 4.15. The van der Waals surface area contributed by atoms with Crippen molar-refractivity contribution in [3.63, 3.8) is 0 Å². The lowest BCUT2D eigenvalue weighted by Crippen LogP contribution is -2.34. The molecule has 0 saturated heterocycles. The van der Waals surface area contributed by atoms with E-state index in [9.17, 15) is 9.59 Å². The third-order valence-electron chi connectivity index (χ3n) is 1.70. The molecule has 0 aliphatic heterocycles. The third kappa shape index (κ3) is 4.20. The lowest BCUT2D eigenvalue weighted by molar-refractivity contribution is -0.119. The number of para-hydroxylation sites is 1. The normalized spacial score (nSPS) is 9.62. The molecule has 0 spiro atoms. The van der Waals surface area contributed by atoms with Gasteiger partial charge in [0.05, 0.1) is 5.69 Å². The molecule has 0 heterocycles. The van der Waals surface area contributed by atoms with Crippen molar-refractivity contribution >= 4 is 45.2 Å². The maximum absolute atomic E-state index is 11.3. The molecule has 0 aliphatic carbocycles. The van der Waals surface area contributed by atoms with Gasteiger partial charge in [0, 0.05) is 16.8 Å². The van der Waals surface area contributed by atoms with E-state index in [-0.39, 0.29) is 12.3 Å². The molecule has 1 rings (SSSR count). The van der Waals surface area contributed by atoms with Gasteiger partial charge in [-0.3, -0.25) is 10.1 Å². The van der Waals surface area contributed by atoms with Crippen molar-refractivity contribution in [2.24, 2.45) is 0 Å². The number of carbonyl (C=O) groups excluding carboxylic acids is 2. The Morgan fingerprint density at radius 3 is 2.62 bits per heavy atom. The average Bonchev–Trinajstić information content (AvgIpc) is 2.21. The summed E-state index contributed by atoms with van der Waals surface area (Å²) in [5.41, 5.74) is 0.596. The summed E-state index contributed by atoms with van der Waals surface area (Å²) >= 11 is 8.64. The second-order valence-electron chi connectivity index (χ2n) is 2.92. The van der Waals surface area contributed by atoms with E-state index < -0.39 is 11.9 Å². The number of hydrogen-bond acceptors (Lipinski definition) is 2. The standard InChI is InChI=1S/C10H10BrClN2O2/c11-7-3-1-2-4-8(7)13-10(16)14-9(15)5-6-12/h1-4H,5-6H2,(H2,13,14,15,16). The minimum atomic E-state index is -0.568. The molecule has 3 amide bonds. The van der Waals surface area contributed by atoms with Gasteiger partial charge in [-0.15, -0.1) is 11.6 Å². The van der Waals surface area contributed by atoms with Crippen molar-refractivity contribution in [3.05, 3.63) is 28.7 Å². The highest BCUT2D eigenvalue weighted by atomic mass is 79.9. The summed E-state index contributed by atoms with van der Waals surface area (Å²) in [6.45, 7) is 0. The minimum Gasteiger partial charge on any atom is -0.307 e. The van der Waals surface area contributed by atoms with Crippen molar-refractivity contribution in [2.45, 2.75) is 6.42 Å². The maximum Gasteiger partial charge on any atom is 0.325 e. The summed E-state index contributed by atoms with van der Waals surface area (Å²) in [4.78, 5) is 22.4. The first-order valence-corrected chi connectivity index (χ1v) is 5.87. The fraction of sp³-hybridized carbons (Fsp3) is 0.200. The number of imide groups is 1. The first kappa shape index (κ1) is 13.0. The zero-order valence-electron chi connectivity index (χ0n) is 8.30. The first-order valence-electron chi connectivity index (χ1n) is 4.55. The van der Waals surface area contributed by atoms with Crippen LogP contribution >= 0.6 is 27.5 Å². The highest BCUT2D eigenvalue weighted by Gasteiger charge is 2.08. The molecular weight excluding hydrogens is 295 g/mol. The van der Waals surface area contributed by atoms with Gasteiger partial charge in [-0.05, 0) is 28.1 Å². The fourth-order valence-corrected chi connectivity index (χ4v) is 1.55. The quantitative estimate of drug-likeness (QED) is 0.844. The Balaban J connectivity index is 2.52. The van der Waals surface area contributed by atoms with Crippen LogP contribution in [0.3, 0.4) is 0 Å². The van der Waals surface area contributed by atoms with Crippen LogP contribution in [0.25, 0.3) is 0 Å². The number of carbonyl (C=O) groups is 2. The van der Waals surface area contributed by atoms with Crippen LogP contribution in [0.5, 0.6) is 0 Å². The lowest BCUT2D eigenvalue weighted by Gasteiger charge is -2.07. The van der Waals surface area contributed by atoms with Gasteiger partial charge in [0.25, 0.3) is 0 Å². The van der Waals surface area contributed by atoms with Crippen molar-refractivity contribution in [2.75, 3.05) is 11.2 Å². The van der Waals surface area contributed by atoms with Crippen molar-refractivity contribution in [1.29, 1.82) is 0 Å². The molecule has 1 aromatic carbocycles. The summed E-state index contributed by atoms with van der Waals surface area (Å²) in [6.07, 6.45) is 0.116. The van der Waals surface area contributed by atoms with Crippen molar-refractivity contribution in [3.8, 4) is 0 Å². The van der Waals surface area contributed by atoms with Crippen LogP contribution in [0.4, 0.5) is 10.5 Å².